The molecule has 0 atom stereocenters. The molecule has 1 N–H and O–H groups in total. The van der Waals surface area contributed by atoms with Crippen molar-refractivity contribution < 1.29 is 13.2 Å². The highest BCUT2D eigenvalue weighted by Gasteiger charge is 2.14. The standard InChI is InChI=1S/C13H21NO3S/c1-4-11-7-6-8-12(5-2)13(11)14-18(15,16)10-9-17-3/h6-8,14H,4-5,9-10H2,1-3H3. The number of sulfonamides is 1. The molecule has 4 nitrogen and oxygen atoms in total. The summed E-state index contributed by atoms with van der Waals surface area (Å²) in [6, 6.07) is 5.87. The number of methoxy groups -OCH3 is 1. The van der Waals surface area contributed by atoms with Crippen LogP contribution < -0.4 is 4.72 Å². The Hall–Kier alpha value is -1.07. The summed E-state index contributed by atoms with van der Waals surface area (Å²) in [5, 5.41) is 0. The first kappa shape index (κ1) is 15.0. The Morgan fingerprint density at radius 2 is 1.72 bits per heavy atom. The fraction of sp³-hybridized carbons (Fsp3) is 0.538. The summed E-state index contributed by atoms with van der Waals surface area (Å²) in [5.41, 5.74) is 2.78. The maximum atomic E-state index is 11.9. The largest absolute Gasteiger partial charge is 0.384 e. The average Bonchev–Trinajstić information content (AvgIpc) is 2.36. The Morgan fingerprint density at radius 1 is 1.17 bits per heavy atom. The van der Waals surface area contributed by atoms with Gasteiger partial charge in [0.2, 0.25) is 10.0 Å². The van der Waals surface area contributed by atoms with E-state index in [2.05, 4.69) is 4.72 Å². The summed E-state index contributed by atoms with van der Waals surface area (Å²) in [5.74, 6) is -0.0231. The van der Waals surface area contributed by atoms with Crippen LogP contribution in [0.3, 0.4) is 0 Å². The van der Waals surface area contributed by atoms with Gasteiger partial charge < -0.3 is 4.74 Å². The van der Waals surface area contributed by atoms with Crippen LogP contribution in [0, 0.1) is 0 Å². The van der Waals surface area contributed by atoms with E-state index in [0.29, 0.717) is 0 Å². The fourth-order valence-corrected chi connectivity index (χ4v) is 2.83. The number of ether oxygens (including phenoxy) is 1. The number of rotatable bonds is 7. The van der Waals surface area contributed by atoms with Gasteiger partial charge in [0.05, 0.1) is 18.0 Å². The highest BCUT2D eigenvalue weighted by Crippen LogP contribution is 2.23. The number of benzene rings is 1. The van der Waals surface area contributed by atoms with Crippen LogP contribution in [0.15, 0.2) is 18.2 Å². The predicted octanol–water partition coefficient (Wildman–Crippen LogP) is 2.20. The van der Waals surface area contributed by atoms with Gasteiger partial charge in [-0.1, -0.05) is 32.0 Å². The van der Waals surface area contributed by atoms with Gasteiger partial charge in [-0.2, -0.15) is 0 Å². The summed E-state index contributed by atoms with van der Waals surface area (Å²) < 4.78 is 31.3. The highest BCUT2D eigenvalue weighted by atomic mass is 32.2. The van der Waals surface area contributed by atoms with Gasteiger partial charge in [0.25, 0.3) is 0 Å². The van der Waals surface area contributed by atoms with E-state index in [1.54, 1.807) is 0 Å². The molecule has 18 heavy (non-hydrogen) atoms. The average molecular weight is 271 g/mol. The zero-order valence-corrected chi connectivity index (χ0v) is 12.0. The van der Waals surface area contributed by atoms with Crippen molar-refractivity contribution in [1.29, 1.82) is 0 Å². The van der Waals surface area contributed by atoms with Gasteiger partial charge in [0, 0.05) is 7.11 Å². The van der Waals surface area contributed by atoms with E-state index in [1.165, 1.54) is 7.11 Å². The number of anilines is 1. The Morgan fingerprint density at radius 3 is 2.17 bits per heavy atom. The van der Waals surface area contributed by atoms with Crippen LogP contribution in [0.1, 0.15) is 25.0 Å². The zero-order chi connectivity index (χ0) is 13.6. The molecule has 0 radical (unpaired) electrons. The van der Waals surface area contributed by atoms with Crippen LogP contribution in [-0.4, -0.2) is 27.9 Å². The molecule has 0 spiro atoms. The molecule has 1 rings (SSSR count). The fourth-order valence-electron chi connectivity index (χ4n) is 1.77. The lowest BCUT2D eigenvalue weighted by Crippen LogP contribution is -2.21. The van der Waals surface area contributed by atoms with Gasteiger partial charge >= 0.3 is 0 Å². The van der Waals surface area contributed by atoms with Gasteiger partial charge in [0.1, 0.15) is 0 Å². The first-order chi connectivity index (χ1) is 8.54. The second-order valence-corrected chi connectivity index (χ2v) is 5.91. The predicted molar refractivity (Wildman–Crippen MR) is 74.5 cm³/mol. The Balaban J connectivity index is 3.02. The first-order valence-corrected chi connectivity index (χ1v) is 7.79. The van der Waals surface area contributed by atoms with Crippen molar-refractivity contribution in [2.45, 2.75) is 26.7 Å². The molecule has 5 heteroatoms. The lowest BCUT2D eigenvalue weighted by molar-refractivity contribution is 0.217. The molecule has 0 aliphatic carbocycles. The molecule has 0 saturated carbocycles. The van der Waals surface area contributed by atoms with E-state index in [0.717, 1.165) is 29.7 Å². The van der Waals surface area contributed by atoms with E-state index in [4.69, 9.17) is 4.74 Å². The van der Waals surface area contributed by atoms with Crippen LogP contribution in [0.25, 0.3) is 0 Å². The third-order valence-electron chi connectivity index (χ3n) is 2.81. The van der Waals surface area contributed by atoms with Crippen LogP contribution in [0.2, 0.25) is 0 Å². The van der Waals surface area contributed by atoms with Crippen LogP contribution in [0.4, 0.5) is 5.69 Å². The maximum Gasteiger partial charge on any atom is 0.235 e. The molecule has 0 amide bonds. The lowest BCUT2D eigenvalue weighted by Gasteiger charge is -2.15. The highest BCUT2D eigenvalue weighted by molar-refractivity contribution is 7.92. The summed E-state index contributed by atoms with van der Waals surface area (Å²) in [6.45, 7) is 4.23. The van der Waals surface area contributed by atoms with Crippen molar-refractivity contribution in [3.63, 3.8) is 0 Å². The summed E-state index contributed by atoms with van der Waals surface area (Å²) in [4.78, 5) is 0. The summed E-state index contributed by atoms with van der Waals surface area (Å²) >= 11 is 0. The second-order valence-electron chi connectivity index (χ2n) is 4.07. The Kier molecular flexibility index (Phi) is 5.62. The molecule has 0 aromatic heterocycles. The van der Waals surface area contributed by atoms with E-state index in [9.17, 15) is 8.42 Å². The Bertz CT molecular complexity index is 461. The molecule has 1 aromatic carbocycles. The van der Waals surface area contributed by atoms with Gasteiger partial charge in [-0.25, -0.2) is 8.42 Å². The smallest absolute Gasteiger partial charge is 0.235 e. The van der Waals surface area contributed by atoms with Gasteiger partial charge in [0.15, 0.2) is 0 Å². The van der Waals surface area contributed by atoms with E-state index < -0.39 is 10.0 Å². The van der Waals surface area contributed by atoms with Gasteiger partial charge in [-0.15, -0.1) is 0 Å². The molecule has 0 bridgehead atoms. The molecule has 0 unspecified atom stereocenters. The van der Waals surface area contributed by atoms with E-state index in [1.807, 2.05) is 32.0 Å². The molecule has 102 valence electrons. The van der Waals surface area contributed by atoms with Crippen LogP contribution in [0.5, 0.6) is 0 Å². The van der Waals surface area contributed by atoms with Crippen molar-refractivity contribution in [2.75, 3.05) is 24.2 Å². The van der Waals surface area contributed by atoms with Crippen molar-refractivity contribution in [3.05, 3.63) is 29.3 Å². The van der Waals surface area contributed by atoms with Gasteiger partial charge in [-0.05, 0) is 24.0 Å². The molecular weight excluding hydrogens is 250 g/mol. The first-order valence-electron chi connectivity index (χ1n) is 6.14. The van der Waals surface area contributed by atoms with Crippen molar-refractivity contribution >= 4 is 15.7 Å². The lowest BCUT2D eigenvalue weighted by atomic mass is 10.0. The summed E-state index contributed by atoms with van der Waals surface area (Å²) in [7, 11) is -1.84. The van der Waals surface area contributed by atoms with Crippen LogP contribution >= 0.6 is 0 Å². The topological polar surface area (TPSA) is 55.4 Å². The van der Waals surface area contributed by atoms with Crippen molar-refractivity contribution in [3.8, 4) is 0 Å². The molecule has 0 heterocycles. The monoisotopic (exact) mass is 271 g/mol. The van der Waals surface area contributed by atoms with Crippen LogP contribution in [-0.2, 0) is 27.6 Å². The Labute approximate surface area is 109 Å². The maximum absolute atomic E-state index is 11.9. The number of para-hydroxylation sites is 1. The minimum atomic E-state index is -3.34. The van der Waals surface area contributed by atoms with E-state index >= 15 is 0 Å². The third-order valence-corrected chi connectivity index (χ3v) is 4.03. The molecule has 0 saturated heterocycles. The molecule has 0 fully saturated rings. The number of nitrogens with one attached hydrogen (secondary N) is 1. The summed E-state index contributed by atoms with van der Waals surface area (Å²) in [6.07, 6.45) is 1.60. The minimum Gasteiger partial charge on any atom is -0.384 e. The normalized spacial score (nSPS) is 11.5. The van der Waals surface area contributed by atoms with Crippen molar-refractivity contribution in [1.82, 2.24) is 0 Å². The van der Waals surface area contributed by atoms with Crippen molar-refractivity contribution in [2.24, 2.45) is 0 Å². The number of hydrogen-bond acceptors (Lipinski definition) is 3. The third kappa shape index (κ3) is 3.99. The molecule has 1 aromatic rings. The molecule has 0 aliphatic rings. The van der Waals surface area contributed by atoms with Gasteiger partial charge in [-0.3, -0.25) is 4.72 Å². The second kappa shape index (κ2) is 6.75. The zero-order valence-electron chi connectivity index (χ0n) is 11.2. The SMILES string of the molecule is CCc1cccc(CC)c1NS(=O)(=O)CCOC. The van der Waals surface area contributed by atoms with E-state index in [-0.39, 0.29) is 12.4 Å². The number of hydrogen-bond donors (Lipinski definition) is 1. The quantitative estimate of drug-likeness (QED) is 0.827. The number of aryl methyl sites for hydroxylation is 2. The molecular formula is C13H21NO3S. The molecule has 0 aliphatic heterocycles. The minimum absolute atomic E-state index is 0.0231.